The fourth-order valence-corrected chi connectivity index (χ4v) is 2.87. The van der Waals surface area contributed by atoms with Crippen LogP contribution in [0.5, 0.6) is 5.75 Å². The molecule has 1 aromatic heterocycles. The first-order chi connectivity index (χ1) is 12.1. The van der Waals surface area contributed by atoms with Gasteiger partial charge in [-0.15, -0.1) is 0 Å². The number of aromatic nitrogens is 2. The summed E-state index contributed by atoms with van der Waals surface area (Å²) in [5.74, 6) is 1.67. The maximum absolute atomic E-state index is 12.1. The second-order valence-corrected chi connectivity index (χ2v) is 5.88. The zero-order valence-electron chi connectivity index (χ0n) is 14.9. The molecule has 0 fully saturated rings. The lowest BCUT2D eigenvalue weighted by Crippen LogP contribution is -2.23. The van der Waals surface area contributed by atoms with Crippen molar-refractivity contribution in [1.82, 2.24) is 14.9 Å². The lowest BCUT2D eigenvalue weighted by molar-refractivity contribution is 0.0954. The number of nitrogens with one attached hydrogen (secondary N) is 1. The summed E-state index contributed by atoms with van der Waals surface area (Å²) in [5, 5.41) is 2.90. The van der Waals surface area contributed by atoms with E-state index in [0.29, 0.717) is 18.7 Å². The predicted octanol–water partition coefficient (Wildman–Crippen LogP) is 3.87. The lowest BCUT2D eigenvalue weighted by atomic mass is 10.2. The van der Waals surface area contributed by atoms with Crippen LogP contribution in [-0.2, 0) is 0 Å². The zero-order chi connectivity index (χ0) is 17.8. The van der Waals surface area contributed by atoms with E-state index in [1.54, 1.807) is 0 Å². The molecule has 0 unspecified atom stereocenters. The number of hydrogen-bond donors (Lipinski definition) is 1. The highest BCUT2D eigenvalue weighted by atomic mass is 16.5. The fraction of sp³-hybridized carbons (Fsp3) is 0.300. The Kier molecular flexibility index (Phi) is 5.03. The molecule has 0 aliphatic carbocycles. The molecule has 5 nitrogen and oxygen atoms in total. The number of carbonyl (C=O) groups is 1. The van der Waals surface area contributed by atoms with E-state index in [0.717, 1.165) is 34.7 Å². The molecule has 5 heteroatoms. The van der Waals surface area contributed by atoms with Crippen molar-refractivity contribution in [2.24, 2.45) is 0 Å². The summed E-state index contributed by atoms with van der Waals surface area (Å²) in [6.45, 7) is 7.29. The largest absolute Gasteiger partial charge is 0.494 e. The number of rotatable bonds is 6. The molecule has 130 valence electrons. The van der Waals surface area contributed by atoms with Crippen molar-refractivity contribution in [3.05, 3.63) is 53.9 Å². The maximum atomic E-state index is 12.1. The van der Waals surface area contributed by atoms with Gasteiger partial charge in [-0.1, -0.05) is 6.92 Å². The summed E-state index contributed by atoms with van der Waals surface area (Å²) in [6.07, 6.45) is 0.916. The van der Waals surface area contributed by atoms with Crippen LogP contribution < -0.4 is 10.1 Å². The second-order valence-electron chi connectivity index (χ2n) is 5.88. The van der Waals surface area contributed by atoms with Crippen LogP contribution >= 0.6 is 0 Å². The van der Waals surface area contributed by atoms with Crippen molar-refractivity contribution in [3.8, 4) is 11.4 Å². The van der Waals surface area contributed by atoms with E-state index in [4.69, 9.17) is 4.74 Å². The van der Waals surface area contributed by atoms with Gasteiger partial charge in [-0.25, -0.2) is 4.98 Å². The van der Waals surface area contributed by atoms with E-state index in [2.05, 4.69) is 14.9 Å². The van der Waals surface area contributed by atoms with Crippen molar-refractivity contribution in [2.45, 2.75) is 27.2 Å². The summed E-state index contributed by atoms with van der Waals surface area (Å²) >= 11 is 0. The quantitative estimate of drug-likeness (QED) is 0.743. The van der Waals surface area contributed by atoms with Crippen LogP contribution in [-0.4, -0.2) is 28.6 Å². The molecule has 0 aliphatic heterocycles. The van der Waals surface area contributed by atoms with Gasteiger partial charge in [0, 0.05) is 17.8 Å². The number of carbonyl (C=O) groups excluding carboxylic acids is 1. The van der Waals surface area contributed by atoms with E-state index in [1.165, 1.54) is 0 Å². The standard InChI is InChI=1S/C20H23N3O2/c1-4-12-21-20(24)15-6-11-19-18(13-15)22-14(3)23(19)16-7-9-17(10-8-16)25-5-2/h6-11,13H,4-5,12H2,1-3H3,(H,21,24). The summed E-state index contributed by atoms with van der Waals surface area (Å²) in [4.78, 5) is 16.8. The molecule has 1 amide bonds. The molecule has 25 heavy (non-hydrogen) atoms. The van der Waals surface area contributed by atoms with Crippen molar-refractivity contribution < 1.29 is 9.53 Å². The predicted molar refractivity (Wildman–Crippen MR) is 99.6 cm³/mol. The molecule has 1 N–H and O–H groups in total. The lowest BCUT2D eigenvalue weighted by Gasteiger charge is -2.09. The number of hydrogen-bond acceptors (Lipinski definition) is 3. The van der Waals surface area contributed by atoms with Gasteiger partial charge in [0.2, 0.25) is 0 Å². The van der Waals surface area contributed by atoms with Crippen LogP contribution in [0.1, 0.15) is 36.5 Å². The smallest absolute Gasteiger partial charge is 0.251 e. The zero-order valence-corrected chi connectivity index (χ0v) is 14.9. The van der Waals surface area contributed by atoms with Crippen LogP contribution in [0.15, 0.2) is 42.5 Å². The van der Waals surface area contributed by atoms with Gasteiger partial charge in [-0.05, 0) is 62.7 Å². The highest BCUT2D eigenvalue weighted by molar-refractivity contribution is 5.97. The fourth-order valence-electron chi connectivity index (χ4n) is 2.87. The van der Waals surface area contributed by atoms with Gasteiger partial charge < -0.3 is 10.1 Å². The summed E-state index contributed by atoms with van der Waals surface area (Å²) in [5.41, 5.74) is 3.45. The highest BCUT2D eigenvalue weighted by Crippen LogP contribution is 2.24. The summed E-state index contributed by atoms with van der Waals surface area (Å²) in [6, 6.07) is 13.6. The van der Waals surface area contributed by atoms with Gasteiger partial charge in [-0.3, -0.25) is 9.36 Å². The van der Waals surface area contributed by atoms with Crippen LogP contribution in [0.25, 0.3) is 16.7 Å². The van der Waals surface area contributed by atoms with E-state index in [9.17, 15) is 4.79 Å². The number of amides is 1. The van der Waals surface area contributed by atoms with E-state index in [-0.39, 0.29) is 5.91 Å². The molecule has 1 heterocycles. The van der Waals surface area contributed by atoms with Crippen LogP contribution in [0, 0.1) is 6.92 Å². The Morgan fingerprint density at radius 3 is 2.60 bits per heavy atom. The van der Waals surface area contributed by atoms with Gasteiger partial charge in [0.15, 0.2) is 0 Å². The minimum atomic E-state index is -0.0583. The third-order valence-corrected chi connectivity index (χ3v) is 4.03. The Hall–Kier alpha value is -2.82. The van der Waals surface area contributed by atoms with Crippen LogP contribution in [0.2, 0.25) is 0 Å². The molecule has 0 atom stereocenters. The Morgan fingerprint density at radius 1 is 1.16 bits per heavy atom. The van der Waals surface area contributed by atoms with Gasteiger partial charge in [0.25, 0.3) is 5.91 Å². The van der Waals surface area contributed by atoms with Crippen molar-refractivity contribution in [2.75, 3.05) is 13.2 Å². The van der Waals surface area contributed by atoms with Gasteiger partial charge in [0.05, 0.1) is 17.6 Å². The maximum Gasteiger partial charge on any atom is 0.251 e. The van der Waals surface area contributed by atoms with Crippen LogP contribution in [0.3, 0.4) is 0 Å². The number of nitrogens with zero attached hydrogens (tertiary/aromatic N) is 2. The molecule has 0 saturated carbocycles. The molecule has 0 radical (unpaired) electrons. The van der Waals surface area contributed by atoms with Gasteiger partial charge in [-0.2, -0.15) is 0 Å². The summed E-state index contributed by atoms with van der Waals surface area (Å²) in [7, 11) is 0. The Balaban J connectivity index is 1.96. The monoisotopic (exact) mass is 337 g/mol. The Labute approximate surface area is 147 Å². The van der Waals surface area contributed by atoms with Crippen LogP contribution in [0.4, 0.5) is 0 Å². The normalized spacial score (nSPS) is 10.8. The third kappa shape index (κ3) is 3.50. The number of ether oxygens (including phenoxy) is 1. The van der Waals surface area contributed by atoms with E-state index < -0.39 is 0 Å². The van der Waals surface area contributed by atoms with Gasteiger partial charge >= 0.3 is 0 Å². The molecule has 0 bridgehead atoms. The number of benzene rings is 2. The highest BCUT2D eigenvalue weighted by Gasteiger charge is 2.12. The molecular weight excluding hydrogens is 314 g/mol. The topological polar surface area (TPSA) is 56.2 Å². The van der Waals surface area contributed by atoms with Gasteiger partial charge in [0.1, 0.15) is 11.6 Å². The number of aryl methyl sites for hydroxylation is 1. The third-order valence-electron chi connectivity index (χ3n) is 4.03. The molecule has 0 spiro atoms. The Bertz CT molecular complexity index is 882. The minimum absolute atomic E-state index is 0.0583. The molecule has 3 rings (SSSR count). The number of fused-ring (bicyclic) bond motifs is 1. The second kappa shape index (κ2) is 7.38. The molecule has 2 aromatic carbocycles. The van der Waals surface area contributed by atoms with E-state index >= 15 is 0 Å². The van der Waals surface area contributed by atoms with Crippen molar-refractivity contribution in [1.29, 1.82) is 0 Å². The first-order valence-electron chi connectivity index (χ1n) is 8.64. The number of imidazole rings is 1. The average molecular weight is 337 g/mol. The molecule has 0 aliphatic rings. The molecule has 3 aromatic rings. The minimum Gasteiger partial charge on any atom is -0.494 e. The van der Waals surface area contributed by atoms with E-state index in [1.807, 2.05) is 63.2 Å². The summed E-state index contributed by atoms with van der Waals surface area (Å²) < 4.78 is 7.58. The first-order valence-corrected chi connectivity index (χ1v) is 8.64. The molecule has 0 saturated heterocycles. The SMILES string of the molecule is CCCNC(=O)c1ccc2c(c1)nc(C)n2-c1ccc(OCC)cc1. The van der Waals surface area contributed by atoms with Crippen molar-refractivity contribution in [3.63, 3.8) is 0 Å². The van der Waals surface area contributed by atoms with Crippen molar-refractivity contribution >= 4 is 16.9 Å². The average Bonchev–Trinajstić information content (AvgIpc) is 2.95. The first kappa shape index (κ1) is 17.0. The Morgan fingerprint density at radius 2 is 1.92 bits per heavy atom. The molecular formula is C20H23N3O2.